The predicted molar refractivity (Wildman–Crippen MR) is 108 cm³/mol. The van der Waals surface area contributed by atoms with Crippen LogP contribution in [0.15, 0.2) is 35.4 Å². The topological polar surface area (TPSA) is 71.5 Å². The number of pyridine rings is 1. The molecular weight excluding hydrogens is 362 g/mol. The number of sulfonamides is 1. The van der Waals surface area contributed by atoms with Crippen LogP contribution in [-0.4, -0.2) is 50.5 Å². The highest BCUT2D eigenvalue weighted by molar-refractivity contribution is 7.89. The van der Waals surface area contributed by atoms with E-state index in [0.29, 0.717) is 40.6 Å². The van der Waals surface area contributed by atoms with Crippen LogP contribution in [0.25, 0.3) is 10.8 Å². The second-order valence-electron chi connectivity index (χ2n) is 7.47. The molecule has 3 rings (SSSR count). The molecule has 1 aromatic carbocycles. The maximum atomic E-state index is 13.6. The van der Waals surface area contributed by atoms with Gasteiger partial charge in [0.1, 0.15) is 0 Å². The molecule has 1 aromatic heterocycles. The van der Waals surface area contributed by atoms with Crippen molar-refractivity contribution in [2.75, 3.05) is 26.7 Å². The van der Waals surface area contributed by atoms with Crippen LogP contribution >= 0.6 is 0 Å². The van der Waals surface area contributed by atoms with Crippen LogP contribution in [0.4, 0.5) is 0 Å². The SMILES string of the molecule is COc1nccc2c(S(=O)(=O)N3CCCNCC3CCC(C)C)cccc12. The molecule has 1 aliphatic heterocycles. The summed E-state index contributed by atoms with van der Waals surface area (Å²) in [5, 5.41) is 4.77. The maximum Gasteiger partial charge on any atom is 0.243 e. The van der Waals surface area contributed by atoms with E-state index in [0.717, 1.165) is 25.8 Å². The average Bonchev–Trinajstić information content (AvgIpc) is 2.91. The summed E-state index contributed by atoms with van der Waals surface area (Å²) in [5.41, 5.74) is 0. The molecule has 148 valence electrons. The number of methoxy groups -OCH3 is 1. The Bertz CT molecular complexity index is 883. The van der Waals surface area contributed by atoms with Gasteiger partial charge in [-0.2, -0.15) is 4.31 Å². The molecule has 1 fully saturated rings. The van der Waals surface area contributed by atoms with Crippen LogP contribution in [0.3, 0.4) is 0 Å². The molecule has 7 heteroatoms. The first-order valence-corrected chi connectivity index (χ1v) is 11.0. The predicted octanol–water partition coefficient (Wildman–Crippen LogP) is 3.03. The minimum absolute atomic E-state index is 0.0288. The van der Waals surface area contributed by atoms with Gasteiger partial charge in [-0.1, -0.05) is 19.9 Å². The molecule has 1 N–H and O–H groups in total. The van der Waals surface area contributed by atoms with Gasteiger partial charge in [0.25, 0.3) is 0 Å². The van der Waals surface area contributed by atoms with E-state index in [1.54, 1.807) is 35.8 Å². The molecule has 0 bridgehead atoms. The molecule has 0 amide bonds. The van der Waals surface area contributed by atoms with Gasteiger partial charge in [0.05, 0.1) is 12.0 Å². The average molecular weight is 392 g/mol. The lowest BCUT2D eigenvalue weighted by Crippen LogP contribution is -2.43. The summed E-state index contributed by atoms with van der Waals surface area (Å²) in [6.45, 7) is 6.43. The molecule has 1 atom stereocenters. The summed E-state index contributed by atoms with van der Waals surface area (Å²) in [6, 6.07) is 7.02. The number of aromatic nitrogens is 1. The third-order valence-electron chi connectivity index (χ3n) is 5.11. The Kier molecular flexibility index (Phi) is 6.34. The number of hydrogen-bond donors (Lipinski definition) is 1. The number of fused-ring (bicyclic) bond motifs is 1. The summed E-state index contributed by atoms with van der Waals surface area (Å²) in [4.78, 5) is 4.53. The van der Waals surface area contributed by atoms with E-state index in [1.165, 1.54) is 0 Å². The van der Waals surface area contributed by atoms with E-state index in [1.807, 2.05) is 6.07 Å². The van der Waals surface area contributed by atoms with Gasteiger partial charge < -0.3 is 10.1 Å². The highest BCUT2D eigenvalue weighted by Crippen LogP contribution is 2.31. The first kappa shape index (κ1) is 20.0. The van der Waals surface area contributed by atoms with Crippen molar-refractivity contribution in [3.63, 3.8) is 0 Å². The molecule has 1 saturated heterocycles. The summed E-state index contributed by atoms with van der Waals surface area (Å²) < 4.78 is 34.3. The van der Waals surface area contributed by atoms with Gasteiger partial charge in [-0.05, 0) is 49.9 Å². The number of rotatable bonds is 6. The lowest BCUT2D eigenvalue weighted by Gasteiger charge is -2.30. The monoisotopic (exact) mass is 391 g/mol. The fourth-order valence-corrected chi connectivity index (χ4v) is 5.57. The largest absolute Gasteiger partial charge is 0.481 e. The normalized spacial score (nSPS) is 19.3. The van der Waals surface area contributed by atoms with Crippen LogP contribution < -0.4 is 10.1 Å². The van der Waals surface area contributed by atoms with Gasteiger partial charge in [-0.25, -0.2) is 13.4 Å². The zero-order valence-corrected chi connectivity index (χ0v) is 17.1. The van der Waals surface area contributed by atoms with Gasteiger partial charge in [0.2, 0.25) is 15.9 Å². The van der Waals surface area contributed by atoms with E-state index in [-0.39, 0.29) is 6.04 Å². The van der Waals surface area contributed by atoms with Gasteiger partial charge in [-0.15, -0.1) is 0 Å². The highest BCUT2D eigenvalue weighted by atomic mass is 32.2. The van der Waals surface area contributed by atoms with Crippen LogP contribution in [0.2, 0.25) is 0 Å². The minimum atomic E-state index is -3.62. The number of nitrogens with one attached hydrogen (secondary N) is 1. The van der Waals surface area contributed by atoms with E-state index in [2.05, 4.69) is 24.1 Å². The molecule has 0 radical (unpaired) electrons. The first-order valence-electron chi connectivity index (χ1n) is 9.59. The Labute approximate surface area is 162 Å². The molecule has 6 nitrogen and oxygen atoms in total. The fourth-order valence-electron chi connectivity index (χ4n) is 3.67. The second-order valence-corrected chi connectivity index (χ2v) is 9.33. The van der Waals surface area contributed by atoms with Crippen LogP contribution in [-0.2, 0) is 10.0 Å². The first-order chi connectivity index (χ1) is 12.9. The van der Waals surface area contributed by atoms with Crippen molar-refractivity contribution in [3.05, 3.63) is 30.5 Å². The zero-order chi connectivity index (χ0) is 19.4. The van der Waals surface area contributed by atoms with Crippen LogP contribution in [0.1, 0.15) is 33.1 Å². The number of ether oxygens (including phenoxy) is 1. The van der Waals surface area contributed by atoms with Crippen molar-refractivity contribution < 1.29 is 13.2 Å². The third kappa shape index (κ3) is 4.25. The van der Waals surface area contributed by atoms with Gasteiger partial charge >= 0.3 is 0 Å². The van der Waals surface area contributed by atoms with E-state index in [4.69, 9.17) is 4.74 Å². The molecule has 1 unspecified atom stereocenters. The number of hydrogen-bond acceptors (Lipinski definition) is 5. The Morgan fingerprint density at radius 2 is 2.11 bits per heavy atom. The summed E-state index contributed by atoms with van der Waals surface area (Å²) >= 11 is 0. The molecule has 27 heavy (non-hydrogen) atoms. The summed E-state index contributed by atoms with van der Waals surface area (Å²) in [7, 11) is -2.08. The fraction of sp³-hybridized carbons (Fsp3) is 0.550. The van der Waals surface area contributed by atoms with Crippen LogP contribution in [0, 0.1) is 5.92 Å². The molecule has 2 aromatic rings. The summed E-state index contributed by atoms with van der Waals surface area (Å²) in [6.07, 6.45) is 4.28. The van der Waals surface area contributed by atoms with Crippen molar-refractivity contribution in [1.82, 2.24) is 14.6 Å². The minimum Gasteiger partial charge on any atom is -0.481 e. The van der Waals surface area contributed by atoms with Crippen molar-refractivity contribution in [2.45, 2.75) is 44.0 Å². The van der Waals surface area contributed by atoms with E-state index in [9.17, 15) is 8.42 Å². The second kappa shape index (κ2) is 8.54. The quantitative estimate of drug-likeness (QED) is 0.819. The third-order valence-corrected chi connectivity index (χ3v) is 7.12. The Hall–Kier alpha value is -1.70. The molecule has 0 saturated carbocycles. The van der Waals surface area contributed by atoms with Crippen molar-refractivity contribution in [3.8, 4) is 5.88 Å². The maximum absolute atomic E-state index is 13.6. The lowest BCUT2D eigenvalue weighted by molar-refractivity contribution is 0.303. The molecule has 0 spiro atoms. The summed E-state index contributed by atoms with van der Waals surface area (Å²) in [5.74, 6) is 0.990. The Morgan fingerprint density at radius 1 is 1.30 bits per heavy atom. The molecule has 2 heterocycles. The van der Waals surface area contributed by atoms with Gasteiger partial charge in [-0.3, -0.25) is 0 Å². The smallest absolute Gasteiger partial charge is 0.243 e. The van der Waals surface area contributed by atoms with Gasteiger partial charge in [0, 0.05) is 36.1 Å². The van der Waals surface area contributed by atoms with Gasteiger partial charge in [0.15, 0.2) is 0 Å². The van der Waals surface area contributed by atoms with E-state index >= 15 is 0 Å². The van der Waals surface area contributed by atoms with Crippen LogP contribution in [0.5, 0.6) is 5.88 Å². The van der Waals surface area contributed by atoms with Crippen molar-refractivity contribution in [2.24, 2.45) is 5.92 Å². The number of benzene rings is 1. The molecule has 1 aliphatic rings. The highest BCUT2D eigenvalue weighted by Gasteiger charge is 2.33. The lowest BCUT2D eigenvalue weighted by atomic mass is 10.0. The molecular formula is C20H29N3O3S. The zero-order valence-electron chi connectivity index (χ0n) is 16.3. The Morgan fingerprint density at radius 3 is 2.85 bits per heavy atom. The Balaban J connectivity index is 2.04. The van der Waals surface area contributed by atoms with Crippen molar-refractivity contribution in [1.29, 1.82) is 0 Å². The van der Waals surface area contributed by atoms with Crippen molar-refractivity contribution >= 4 is 20.8 Å². The number of nitrogens with zero attached hydrogens (tertiary/aromatic N) is 2. The van der Waals surface area contributed by atoms with E-state index < -0.39 is 10.0 Å². The standard InChI is InChI=1S/C20H29N3O3S/c1-15(2)8-9-16-14-21-11-5-13-23(16)27(24,25)19-7-4-6-18-17(19)10-12-22-20(18)26-3/h4,6-7,10,12,15-16,21H,5,8-9,11,13-14H2,1-3H3. The molecule has 0 aliphatic carbocycles.